The van der Waals surface area contributed by atoms with Crippen LogP contribution in [0.1, 0.15) is 12.8 Å². The quantitative estimate of drug-likeness (QED) is 0.575. The van der Waals surface area contributed by atoms with Crippen LogP contribution in [0.4, 0.5) is 0 Å². The second-order valence-corrected chi connectivity index (χ2v) is 2.67. The maximum atomic E-state index is 5.11. The van der Waals surface area contributed by atoms with E-state index in [1.54, 1.807) is 7.11 Å². The summed E-state index contributed by atoms with van der Waals surface area (Å²) in [6.07, 6.45) is 7.88. The first kappa shape index (κ1) is 7.28. The van der Waals surface area contributed by atoms with Gasteiger partial charge in [-0.25, -0.2) is 9.97 Å². The molecule has 2 rings (SSSR count). The van der Waals surface area contributed by atoms with Crippen LogP contribution < -0.4 is 15.3 Å². The zero-order chi connectivity index (χ0) is 8.39. The Kier molecular flexibility index (Phi) is 1.78. The second-order valence-electron chi connectivity index (χ2n) is 2.67. The van der Waals surface area contributed by atoms with E-state index in [0.717, 1.165) is 23.4 Å². The maximum absolute atomic E-state index is 5.11. The number of rotatable bonds is 1. The number of ether oxygens (including phenoxy) is 1. The van der Waals surface area contributed by atoms with E-state index >= 15 is 0 Å². The molecule has 1 aliphatic carbocycles. The molecule has 0 saturated carbocycles. The van der Waals surface area contributed by atoms with Gasteiger partial charge in [0.1, 0.15) is 6.33 Å². The van der Waals surface area contributed by atoms with Crippen LogP contribution in [-0.2, 0) is 0 Å². The SMILES string of the molecule is COc1ncnc2c1=CCCC=2. The van der Waals surface area contributed by atoms with E-state index in [1.807, 2.05) is 0 Å². The summed E-state index contributed by atoms with van der Waals surface area (Å²) in [5.41, 5.74) is 0. The Balaban J connectivity index is 2.77. The summed E-state index contributed by atoms with van der Waals surface area (Å²) in [5.74, 6) is 0.677. The van der Waals surface area contributed by atoms with E-state index in [1.165, 1.54) is 6.33 Å². The number of methoxy groups -OCH3 is 1. The lowest BCUT2D eigenvalue weighted by Crippen LogP contribution is -2.32. The van der Waals surface area contributed by atoms with Gasteiger partial charge in [-0.2, -0.15) is 0 Å². The molecule has 0 amide bonds. The summed E-state index contributed by atoms with van der Waals surface area (Å²) >= 11 is 0. The van der Waals surface area contributed by atoms with Gasteiger partial charge in [0.25, 0.3) is 0 Å². The molecule has 1 aromatic heterocycles. The van der Waals surface area contributed by atoms with Crippen LogP contribution in [0.2, 0.25) is 0 Å². The first-order valence-corrected chi connectivity index (χ1v) is 3.97. The van der Waals surface area contributed by atoms with Gasteiger partial charge in [-0.3, -0.25) is 0 Å². The van der Waals surface area contributed by atoms with E-state index in [4.69, 9.17) is 4.74 Å². The number of hydrogen-bond donors (Lipinski definition) is 0. The average Bonchev–Trinajstić information content (AvgIpc) is 2.17. The van der Waals surface area contributed by atoms with Gasteiger partial charge in [0, 0.05) is 0 Å². The van der Waals surface area contributed by atoms with Crippen molar-refractivity contribution in [2.45, 2.75) is 12.8 Å². The van der Waals surface area contributed by atoms with Crippen LogP contribution in [0.15, 0.2) is 6.33 Å². The highest BCUT2D eigenvalue weighted by Crippen LogP contribution is 1.98. The third kappa shape index (κ3) is 1.07. The topological polar surface area (TPSA) is 35.0 Å². The van der Waals surface area contributed by atoms with Gasteiger partial charge in [-0.1, -0.05) is 12.2 Å². The lowest BCUT2D eigenvalue weighted by molar-refractivity contribution is 0.392. The van der Waals surface area contributed by atoms with Crippen molar-refractivity contribution in [3.8, 4) is 5.88 Å². The maximum Gasteiger partial charge on any atom is 0.223 e. The van der Waals surface area contributed by atoms with Crippen molar-refractivity contribution in [2.24, 2.45) is 0 Å². The lowest BCUT2D eigenvalue weighted by atomic mass is 10.1. The van der Waals surface area contributed by atoms with Crippen LogP contribution in [0.25, 0.3) is 12.2 Å². The molecule has 0 saturated heterocycles. The molecule has 3 nitrogen and oxygen atoms in total. The lowest BCUT2D eigenvalue weighted by Gasteiger charge is -2.02. The molecule has 0 unspecified atom stereocenters. The van der Waals surface area contributed by atoms with E-state index in [2.05, 4.69) is 22.1 Å². The molecule has 1 aromatic rings. The fourth-order valence-corrected chi connectivity index (χ4v) is 1.36. The Bertz CT molecular complexity index is 397. The molecule has 1 heterocycles. The molecule has 0 aliphatic heterocycles. The second kappa shape index (κ2) is 2.93. The molecular formula is C9H10N2O. The zero-order valence-electron chi connectivity index (χ0n) is 6.95. The van der Waals surface area contributed by atoms with Crippen molar-refractivity contribution in [1.82, 2.24) is 9.97 Å². The number of hydrogen-bond acceptors (Lipinski definition) is 3. The van der Waals surface area contributed by atoms with Crippen LogP contribution >= 0.6 is 0 Å². The Morgan fingerprint density at radius 2 is 2.08 bits per heavy atom. The predicted octanol–water partition coefficient (Wildman–Crippen LogP) is -0.160. The minimum Gasteiger partial charge on any atom is -0.480 e. The van der Waals surface area contributed by atoms with Crippen LogP contribution in [0.3, 0.4) is 0 Å². The van der Waals surface area contributed by atoms with E-state index in [0.29, 0.717) is 5.88 Å². The van der Waals surface area contributed by atoms with Crippen molar-refractivity contribution < 1.29 is 4.74 Å². The normalized spacial score (nSPS) is 14.1. The largest absolute Gasteiger partial charge is 0.480 e. The highest BCUT2D eigenvalue weighted by molar-refractivity contribution is 5.38. The first-order valence-electron chi connectivity index (χ1n) is 3.97. The van der Waals surface area contributed by atoms with E-state index < -0.39 is 0 Å². The molecule has 62 valence electrons. The van der Waals surface area contributed by atoms with Crippen molar-refractivity contribution in [1.29, 1.82) is 0 Å². The van der Waals surface area contributed by atoms with Gasteiger partial charge in [-0.15, -0.1) is 0 Å². The minimum atomic E-state index is 0.677. The van der Waals surface area contributed by atoms with Gasteiger partial charge in [0.05, 0.1) is 17.7 Å². The Labute approximate surface area is 70.4 Å². The molecule has 0 radical (unpaired) electrons. The Morgan fingerprint density at radius 1 is 1.25 bits per heavy atom. The highest BCUT2D eigenvalue weighted by atomic mass is 16.5. The fourth-order valence-electron chi connectivity index (χ4n) is 1.36. The number of nitrogens with zero attached hydrogens (tertiary/aromatic N) is 2. The van der Waals surface area contributed by atoms with Gasteiger partial charge in [0.15, 0.2) is 0 Å². The highest BCUT2D eigenvalue weighted by Gasteiger charge is 2.00. The minimum absolute atomic E-state index is 0.677. The van der Waals surface area contributed by atoms with Crippen molar-refractivity contribution in [3.05, 3.63) is 16.9 Å². The summed E-state index contributed by atoms with van der Waals surface area (Å²) in [6.45, 7) is 0. The van der Waals surface area contributed by atoms with Gasteiger partial charge in [0.2, 0.25) is 5.88 Å². The van der Waals surface area contributed by atoms with Crippen molar-refractivity contribution in [3.63, 3.8) is 0 Å². The molecule has 0 bridgehead atoms. The third-order valence-corrected chi connectivity index (χ3v) is 1.92. The van der Waals surface area contributed by atoms with Crippen LogP contribution in [0.5, 0.6) is 5.88 Å². The van der Waals surface area contributed by atoms with E-state index in [9.17, 15) is 0 Å². The molecule has 3 heteroatoms. The molecule has 0 spiro atoms. The van der Waals surface area contributed by atoms with Gasteiger partial charge in [-0.05, 0) is 12.8 Å². The summed E-state index contributed by atoms with van der Waals surface area (Å²) in [5, 5.41) is 2.03. The molecule has 0 fully saturated rings. The summed E-state index contributed by atoms with van der Waals surface area (Å²) < 4.78 is 5.11. The monoisotopic (exact) mass is 162 g/mol. The Hall–Kier alpha value is -1.38. The number of fused-ring (bicyclic) bond motifs is 1. The number of aromatic nitrogens is 2. The molecule has 1 aliphatic rings. The average molecular weight is 162 g/mol. The zero-order valence-corrected chi connectivity index (χ0v) is 6.95. The molecule has 0 aromatic carbocycles. The van der Waals surface area contributed by atoms with E-state index in [-0.39, 0.29) is 0 Å². The van der Waals surface area contributed by atoms with Gasteiger partial charge < -0.3 is 4.74 Å². The van der Waals surface area contributed by atoms with Crippen LogP contribution in [-0.4, -0.2) is 17.1 Å². The Morgan fingerprint density at radius 3 is 2.92 bits per heavy atom. The van der Waals surface area contributed by atoms with Crippen LogP contribution in [0, 0.1) is 0 Å². The van der Waals surface area contributed by atoms with Crippen molar-refractivity contribution in [2.75, 3.05) is 7.11 Å². The summed E-state index contributed by atoms with van der Waals surface area (Å²) in [7, 11) is 1.63. The third-order valence-electron chi connectivity index (χ3n) is 1.92. The molecule has 12 heavy (non-hydrogen) atoms. The standard InChI is InChI=1S/C9H10N2O/c1-12-9-7-4-2-3-5-8(7)10-6-11-9/h4-6H,2-3H2,1H3. The molecular weight excluding hydrogens is 152 g/mol. The summed E-state index contributed by atoms with van der Waals surface area (Å²) in [6, 6.07) is 0. The smallest absolute Gasteiger partial charge is 0.223 e. The van der Waals surface area contributed by atoms with Gasteiger partial charge >= 0.3 is 0 Å². The molecule has 0 atom stereocenters. The summed E-state index contributed by atoms with van der Waals surface area (Å²) in [4.78, 5) is 8.18. The predicted molar refractivity (Wildman–Crippen MR) is 46.0 cm³/mol. The fraction of sp³-hybridized carbons (Fsp3) is 0.333. The van der Waals surface area contributed by atoms with Crippen molar-refractivity contribution >= 4 is 12.2 Å². The molecule has 0 N–H and O–H groups in total. The first-order chi connectivity index (χ1) is 5.92.